The number of aromatic nitrogens is 1. The van der Waals surface area contributed by atoms with Crippen LogP contribution in [0.3, 0.4) is 0 Å². The number of carbonyl (C=O) groups is 1. The number of amides is 1. The molecule has 2 aromatic rings. The molecule has 1 amide bonds. The minimum Gasteiger partial charge on any atom is -0.472 e. The Morgan fingerprint density at radius 2 is 1.93 bits per heavy atom. The van der Waals surface area contributed by atoms with E-state index < -0.39 is 27.7 Å². The van der Waals surface area contributed by atoms with Gasteiger partial charge in [-0.3, -0.25) is 4.79 Å². The van der Waals surface area contributed by atoms with E-state index in [1.807, 2.05) is 0 Å². The molecule has 1 aromatic carbocycles. The number of nitrogens with zero attached hydrogens (tertiary/aromatic N) is 2. The Morgan fingerprint density at radius 1 is 1.21 bits per heavy atom. The highest BCUT2D eigenvalue weighted by molar-refractivity contribution is 7.91. The first kappa shape index (κ1) is 21.1. The molecule has 2 heterocycles. The van der Waals surface area contributed by atoms with Gasteiger partial charge in [-0.2, -0.15) is 13.2 Å². The number of hydrogen-bond acceptors (Lipinski definition) is 5. The lowest BCUT2D eigenvalue weighted by molar-refractivity contribution is -0.137. The summed E-state index contributed by atoms with van der Waals surface area (Å²) in [7, 11) is -3.56. The van der Waals surface area contributed by atoms with Gasteiger partial charge in [0.25, 0.3) is 0 Å². The lowest BCUT2D eigenvalue weighted by Gasteiger charge is -2.17. The summed E-state index contributed by atoms with van der Waals surface area (Å²) >= 11 is 0. The van der Waals surface area contributed by atoms with Crippen LogP contribution in [0.4, 0.5) is 13.2 Å². The summed E-state index contributed by atoms with van der Waals surface area (Å²) in [4.78, 5) is 17.7. The number of pyridine rings is 1. The van der Waals surface area contributed by atoms with Crippen LogP contribution in [0.25, 0.3) is 0 Å². The summed E-state index contributed by atoms with van der Waals surface area (Å²) in [5.41, 5.74) is -0.862. The topological polar surface area (TPSA) is 76.6 Å². The Labute approximate surface area is 166 Å². The molecule has 29 heavy (non-hydrogen) atoms. The highest BCUT2D eigenvalue weighted by Crippen LogP contribution is 2.31. The third-order valence-electron chi connectivity index (χ3n) is 4.53. The fourth-order valence-electron chi connectivity index (χ4n) is 3.00. The lowest BCUT2D eigenvalue weighted by atomic mass is 10.2. The van der Waals surface area contributed by atoms with Crippen molar-refractivity contribution in [2.45, 2.75) is 30.0 Å². The number of likely N-dealkylation sites (tertiary alicyclic amines) is 1. The molecule has 0 spiro atoms. The zero-order valence-corrected chi connectivity index (χ0v) is 16.1. The van der Waals surface area contributed by atoms with E-state index in [9.17, 15) is 26.4 Å². The minimum atomic E-state index is -4.50. The summed E-state index contributed by atoms with van der Waals surface area (Å²) < 4.78 is 68.3. The van der Waals surface area contributed by atoms with E-state index >= 15 is 0 Å². The maximum Gasteiger partial charge on any atom is 0.416 e. The normalized spacial score (nSPS) is 17.3. The summed E-state index contributed by atoms with van der Waals surface area (Å²) in [5.74, 6) is -0.814. The zero-order valence-electron chi connectivity index (χ0n) is 15.3. The van der Waals surface area contributed by atoms with Crippen LogP contribution < -0.4 is 4.74 Å². The second-order valence-electron chi connectivity index (χ2n) is 6.63. The maximum absolute atomic E-state index is 12.8. The van der Waals surface area contributed by atoms with Gasteiger partial charge in [0.1, 0.15) is 6.10 Å². The quantitative estimate of drug-likeness (QED) is 0.707. The molecular weight excluding hydrogens is 409 g/mol. The predicted molar refractivity (Wildman–Crippen MR) is 98.0 cm³/mol. The van der Waals surface area contributed by atoms with Crippen LogP contribution in [0, 0.1) is 0 Å². The molecule has 1 aliphatic rings. The molecule has 1 atom stereocenters. The molecule has 0 aliphatic carbocycles. The fourth-order valence-corrected chi connectivity index (χ4v) is 4.25. The van der Waals surface area contributed by atoms with Crippen LogP contribution in [-0.2, 0) is 20.8 Å². The van der Waals surface area contributed by atoms with Gasteiger partial charge in [-0.05, 0) is 18.2 Å². The second-order valence-corrected chi connectivity index (χ2v) is 8.74. The highest BCUT2D eigenvalue weighted by Gasteiger charge is 2.32. The van der Waals surface area contributed by atoms with Crippen molar-refractivity contribution in [1.82, 2.24) is 9.88 Å². The second kappa shape index (κ2) is 8.40. The van der Waals surface area contributed by atoms with Crippen molar-refractivity contribution in [3.8, 4) is 5.88 Å². The molecule has 1 unspecified atom stereocenters. The van der Waals surface area contributed by atoms with Gasteiger partial charge in [-0.1, -0.05) is 18.2 Å². The van der Waals surface area contributed by atoms with Gasteiger partial charge in [-0.15, -0.1) is 0 Å². The standard InChI is InChI=1S/C19H19F3N2O4S/c20-19(21,22)14-6-9-23-17(12-14)28-15-7-10-24(13-15)18(25)8-11-29(26,27)16-4-2-1-3-5-16/h1-6,9,12,15H,7-8,10-11,13H2. The van der Waals surface area contributed by atoms with Gasteiger partial charge in [-0.25, -0.2) is 13.4 Å². The van der Waals surface area contributed by atoms with Crippen LogP contribution in [-0.4, -0.2) is 49.2 Å². The van der Waals surface area contributed by atoms with Crippen molar-refractivity contribution in [1.29, 1.82) is 0 Å². The van der Waals surface area contributed by atoms with Crippen molar-refractivity contribution in [3.63, 3.8) is 0 Å². The van der Waals surface area contributed by atoms with Crippen LogP contribution in [0.1, 0.15) is 18.4 Å². The molecule has 0 radical (unpaired) electrons. The molecule has 3 rings (SSSR count). The Kier molecular flexibility index (Phi) is 6.11. The molecule has 0 N–H and O–H groups in total. The van der Waals surface area contributed by atoms with E-state index in [1.165, 1.54) is 17.0 Å². The summed E-state index contributed by atoms with van der Waals surface area (Å²) in [6, 6.07) is 9.54. The highest BCUT2D eigenvalue weighted by atomic mass is 32.2. The largest absolute Gasteiger partial charge is 0.472 e. The number of sulfone groups is 1. The summed E-state index contributed by atoms with van der Waals surface area (Å²) in [5, 5.41) is 0. The van der Waals surface area contributed by atoms with Gasteiger partial charge in [0, 0.05) is 31.6 Å². The first-order chi connectivity index (χ1) is 13.6. The molecule has 0 saturated carbocycles. The Bertz CT molecular complexity index is 965. The molecular formula is C19H19F3N2O4S. The van der Waals surface area contributed by atoms with Crippen molar-refractivity contribution < 1.29 is 31.1 Å². The first-order valence-electron chi connectivity index (χ1n) is 8.90. The third kappa shape index (κ3) is 5.47. The Morgan fingerprint density at radius 3 is 2.62 bits per heavy atom. The Balaban J connectivity index is 1.54. The van der Waals surface area contributed by atoms with E-state index in [0.717, 1.165) is 18.3 Å². The number of carbonyl (C=O) groups excluding carboxylic acids is 1. The third-order valence-corrected chi connectivity index (χ3v) is 6.27. The van der Waals surface area contributed by atoms with E-state index in [-0.39, 0.29) is 35.4 Å². The molecule has 1 saturated heterocycles. The van der Waals surface area contributed by atoms with E-state index in [0.29, 0.717) is 13.0 Å². The van der Waals surface area contributed by atoms with E-state index in [4.69, 9.17) is 4.74 Å². The molecule has 1 fully saturated rings. The summed E-state index contributed by atoms with van der Waals surface area (Å²) in [6.07, 6.45) is -3.73. The number of alkyl halides is 3. The average Bonchev–Trinajstić information content (AvgIpc) is 3.15. The van der Waals surface area contributed by atoms with E-state index in [2.05, 4.69) is 4.98 Å². The van der Waals surface area contributed by atoms with Crippen molar-refractivity contribution in [3.05, 3.63) is 54.2 Å². The van der Waals surface area contributed by atoms with Crippen molar-refractivity contribution >= 4 is 15.7 Å². The lowest BCUT2D eigenvalue weighted by Crippen LogP contribution is -2.32. The number of ether oxygens (including phenoxy) is 1. The number of rotatable bonds is 6. The number of halogens is 3. The smallest absolute Gasteiger partial charge is 0.416 e. The van der Waals surface area contributed by atoms with Crippen molar-refractivity contribution in [2.75, 3.05) is 18.8 Å². The van der Waals surface area contributed by atoms with Crippen LogP contribution in [0.15, 0.2) is 53.6 Å². The zero-order chi connectivity index (χ0) is 21.1. The van der Waals surface area contributed by atoms with Gasteiger partial charge in [0.2, 0.25) is 11.8 Å². The number of benzene rings is 1. The Hall–Kier alpha value is -2.62. The van der Waals surface area contributed by atoms with E-state index in [1.54, 1.807) is 18.2 Å². The molecule has 6 nitrogen and oxygen atoms in total. The van der Waals surface area contributed by atoms with Crippen molar-refractivity contribution in [2.24, 2.45) is 0 Å². The molecule has 1 aromatic heterocycles. The summed E-state index contributed by atoms with van der Waals surface area (Å²) in [6.45, 7) is 0.510. The SMILES string of the molecule is O=C(CCS(=O)(=O)c1ccccc1)N1CCC(Oc2cc(C(F)(F)F)ccn2)C1. The van der Waals surface area contributed by atoms with Crippen LogP contribution in [0.5, 0.6) is 5.88 Å². The molecule has 1 aliphatic heterocycles. The number of hydrogen-bond donors (Lipinski definition) is 0. The fraction of sp³-hybridized carbons (Fsp3) is 0.368. The molecule has 156 valence electrons. The minimum absolute atomic E-state index is 0.158. The van der Waals surface area contributed by atoms with Gasteiger partial charge >= 0.3 is 6.18 Å². The maximum atomic E-state index is 12.8. The monoisotopic (exact) mass is 428 g/mol. The first-order valence-corrected chi connectivity index (χ1v) is 10.6. The van der Waals surface area contributed by atoms with Gasteiger partial charge < -0.3 is 9.64 Å². The van der Waals surface area contributed by atoms with Gasteiger partial charge in [0.15, 0.2) is 9.84 Å². The molecule has 10 heteroatoms. The van der Waals surface area contributed by atoms with Gasteiger partial charge in [0.05, 0.1) is 22.8 Å². The van der Waals surface area contributed by atoms with Crippen LogP contribution in [0.2, 0.25) is 0 Å². The average molecular weight is 428 g/mol. The predicted octanol–water partition coefficient (Wildman–Crippen LogP) is 2.94. The van der Waals surface area contributed by atoms with Crippen LogP contribution >= 0.6 is 0 Å². The molecule has 0 bridgehead atoms.